The third-order valence-corrected chi connectivity index (χ3v) is 1.75. The normalized spacial score (nSPS) is 25.0. The molecule has 64 valence electrons. The van der Waals surface area contributed by atoms with E-state index in [9.17, 15) is 8.78 Å². The fourth-order valence-electron chi connectivity index (χ4n) is 0.857. The van der Waals surface area contributed by atoms with E-state index in [1.54, 1.807) is 0 Å². The fraction of sp³-hybridized carbons (Fsp3) is 0.667. The molecule has 1 atom stereocenters. The number of alkyl halides is 1. The van der Waals surface area contributed by atoms with Crippen molar-refractivity contribution in [2.24, 2.45) is 0 Å². The predicted molar refractivity (Wildman–Crippen MR) is 37.5 cm³/mol. The van der Waals surface area contributed by atoms with E-state index >= 15 is 0 Å². The van der Waals surface area contributed by atoms with Crippen molar-refractivity contribution < 1.29 is 13.5 Å². The summed E-state index contributed by atoms with van der Waals surface area (Å²) < 4.78 is 28.4. The largest absolute Gasteiger partial charge is 0.376 e. The SMILES string of the molecule is FC(F)=CN1CCOCC1Cl. The van der Waals surface area contributed by atoms with Crippen LogP contribution in [0.25, 0.3) is 0 Å². The van der Waals surface area contributed by atoms with Gasteiger partial charge >= 0.3 is 0 Å². The summed E-state index contributed by atoms with van der Waals surface area (Å²) >= 11 is 5.65. The van der Waals surface area contributed by atoms with Crippen LogP contribution in [-0.2, 0) is 4.74 Å². The second-order valence-corrected chi connectivity index (χ2v) is 2.67. The molecule has 0 N–H and O–H groups in total. The Kier molecular flexibility index (Phi) is 3.08. The van der Waals surface area contributed by atoms with Crippen LogP contribution < -0.4 is 0 Å². The van der Waals surface area contributed by atoms with Gasteiger partial charge in [0.2, 0.25) is 0 Å². The van der Waals surface area contributed by atoms with Crippen LogP contribution in [-0.4, -0.2) is 30.2 Å². The number of halogens is 3. The van der Waals surface area contributed by atoms with Crippen LogP contribution in [0.15, 0.2) is 12.3 Å². The summed E-state index contributed by atoms with van der Waals surface area (Å²) in [5.41, 5.74) is -0.467. The van der Waals surface area contributed by atoms with Crippen LogP contribution in [0.3, 0.4) is 0 Å². The minimum atomic E-state index is -1.72. The molecule has 0 spiro atoms. The average molecular weight is 184 g/mol. The standard InChI is InChI=1S/C6H8ClF2NO/c7-5-4-11-2-1-10(5)3-6(8)9/h3,5H,1-2,4H2. The number of hydrogen-bond donors (Lipinski definition) is 0. The molecule has 1 saturated heterocycles. The summed E-state index contributed by atoms with van der Waals surface area (Å²) in [6, 6.07) is 0. The Balaban J connectivity index is 2.48. The molecule has 1 heterocycles. The van der Waals surface area contributed by atoms with E-state index in [-0.39, 0.29) is 0 Å². The lowest BCUT2D eigenvalue weighted by Crippen LogP contribution is -2.38. The third-order valence-electron chi connectivity index (χ3n) is 1.37. The molecule has 1 rings (SSSR count). The van der Waals surface area contributed by atoms with Crippen molar-refractivity contribution in [1.29, 1.82) is 0 Å². The fourth-order valence-corrected chi connectivity index (χ4v) is 1.10. The molecule has 5 heteroatoms. The first-order valence-electron chi connectivity index (χ1n) is 3.20. The summed E-state index contributed by atoms with van der Waals surface area (Å²) in [5, 5.41) is 0. The molecular weight excluding hydrogens is 176 g/mol. The van der Waals surface area contributed by atoms with Crippen LogP contribution >= 0.6 is 11.6 Å². The summed E-state index contributed by atoms with van der Waals surface area (Å²) in [5.74, 6) is 0. The summed E-state index contributed by atoms with van der Waals surface area (Å²) in [7, 11) is 0. The molecule has 1 fully saturated rings. The van der Waals surface area contributed by atoms with Crippen molar-refractivity contribution >= 4 is 11.6 Å². The molecule has 0 aromatic heterocycles. The molecule has 0 saturated carbocycles. The quantitative estimate of drug-likeness (QED) is 0.453. The van der Waals surface area contributed by atoms with Crippen LogP contribution in [0.4, 0.5) is 8.78 Å². The van der Waals surface area contributed by atoms with Crippen LogP contribution in [0.5, 0.6) is 0 Å². The minimum Gasteiger partial charge on any atom is -0.376 e. The summed E-state index contributed by atoms with van der Waals surface area (Å²) in [4.78, 5) is 1.36. The maximum Gasteiger partial charge on any atom is 0.286 e. The van der Waals surface area contributed by atoms with Gasteiger partial charge in [-0.05, 0) is 0 Å². The highest BCUT2D eigenvalue weighted by atomic mass is 35.5. The molecule has 11 heavy (non-hydrogen) atoms. The Morgan fingerprint density at radius 3 is 2.91 bits per heavy atom. The number of nitrogens with zero attached hydrogens (tertiary/aromatic N) is 1. The third kappa shape index (κ3) is 2.63. The molecule has 2 nitrogen and oxygen atoms in total. The summed E-state index contributed by atoms with van der Waals surface area (Å²) in [6.07, 6.45) is -0.974. The van der Waals surface area contributed by atoms with E-state index < -0.39 is 11.6 Å². The Bertz CT molecular complexity index is 161. The van der Waals surface area contributed by atoms with Crippen LogP contribution in [0, 0.1) is 0 Å². The van der Waals surface area contributed by atoms with Crippen molar-refractivity contribution in [3.05, 3.63) is 12.3 Å². The number of ether oxygens (including phenoxy) is 1. The molecule has 0 bridgehead atoms. The lowest BCUT2D eigenvalue weighted by molar-refractivity contribution is 0.0427. The van der Waals surface area contributed by atoms with E-state index in [1.807, 2.05) is 0 Å². The molecule has 0 amide bonds. The Morgan fingerprint density at radius 1 is 1.64 bits per heavy atom. The molecule has 1 aliphatic rings. The van der Waals surface area contributed by atoms with Gasteiger partial charge in [-0.25, -0.2) is 0 Å². The molecule has 1 aliphatic heterocycles. The lowest BCUT2D eigenvalue weighted by atomic mass is 10.4. The zero-order valence-corrected chi connectivity index (χ0v) is 6.52. The highest BCUT2D eigenvalue weighted by molar-refractivity contribution is 6.20. The van der Waals surface area contributed by atoms with Crippen molar-refractivity contribution in [3.63, 3.8) is 0 Å². The Morgan fingerprint density at radius 2 is 2.36 bits per heavy atom. The molecule has 0 aromatic rings. The Hall–Kier alpha value is -0.350. The first-order valence-corrected chi connectivity index (χ1v) is 3.64. The average Bonchev–Trinajstić information content (AvgIpc) is 1.93. The predicted octanol–water partition coefficient (Wildman–Crippen LogP) is 1.62. The molecule has 0 radical (unpaired) electrons. The molecule has 0 aromatic carbocycles. The topological polar surface area (TPSA) is 12.5 Å². The monoisotopic (exact) mass is 183 g/mol. The molecule has 1 unspecified atom stereocenters. The van der Waals surface area contributed by atoms with E-state index in [1.165, 1.54) is 4.90 Å². The summed E-state index contributed by atoms with van der Waals surface area (Å²) in [6.45, 7) is 1.17. The number of rotatable bonds is 1. The van der Waals surface area contributed by atoms with Gasteiger partial charge in [0.25, 0.3) is 6.08 Å². The van der Waals surface area contributed by atoms with Crippen molar-refractivity contribution in [3.8, 4) is 0 Å². The van der Waals surface area contributed by atoms with E-state index in [2.05, 4.69) is 0 Å². The second-order valence-electron chi connectivity index (χ2n) is 2.17. The van der Waals surface area contributed by atoms with Crippen LogP contribution in [0.1, 0.15) is 0 Å². The smallest absolute Gasteiger partial charge is 0.286 e. The highest BCUT2D eigenvalue weighted by Gasteiger charge is 2.18. The molecular formula is C6H8ClF2NO. The van der Waals surface area contributed by atoms with Gasteiger partial charge in [0.05, 0.1) is 19.4 Å². The minimum absolute atomic E-state index is 0.297. The van der Waals surface area contributed by atoms with Crippen LogP contribution in [0.2, 0.25) is 0 Å². The zero-order chi connectivity index (χ0) is 8.27. The maximum atomic E-state index is 11.7. The van der Waals surface area contributed by atoms with Gasteiger partial charge in [0.15, 0.2) is 0 Å². The van der Waals surface area contributed by atoms with Gasteiger partial charge in [-0.15, -0.1) is 0 Å². The van der Waals surface area contributed by atoms with Crippen molar-refractivity contribution in [2.75, 3.05) is 19.8 Å². The van der Waals surface area contributed by atoms with E-state index in [0.717, 1.165) is 6.20 Å². The van der Waals surface area contributed by atoms with Gasteiger partial charge in [0.1, 0.15) is 5.50 Å². The van der Waals surface area contributed by atoms with Crippen molar-refractivity contribution in [2.45, 2.75) is 5.50 Å². The first kappa shape index (κ1) is 8.74. The number of hydrogen-bond acceptors (Lipinski definition) is 2. The van der Waals surface area contributed by atoms with Gasteiger partial charge in [-0.2, -0.15) is 8.78 Å². The van der Waals surface area contributed by atoms with Gasteiger partial charge in [0, 0.05) is 6.54 Å². The maximum absolute atomic E-state index is 11.7. The highest BCUT2D eigenvalue weighted by Crippen LogP contribution is 2.13. The van der Waals surface area contributed by atoms with Gasteiger partial charge in [-0.3, -0.25) is 0 Å². The van der Waals surface area contributed by atoms with Gasteiger partial charge < -0.3 is 9.64 Å². The van der Waals surface area contributed by atoms with E-state index in [0.29, 0.717) is 19.8 Å². The lowest BCUT2D eigenvalue weighted by Gasteiger charge is -2.29. The van der Waals surface area contributed by atoms with E-state index in [4.69, 9.17) is 16.3 Å². The molecule has 0 aliphatic carbocycles. The Labute approximate surface area is 68.4 Å². The van der Waals surface area contributed by atoms with Crippen molar-refractivity contribution in [1.82, 2.24) is 4.90 Å². The van der Waals surface area contributed by atoms with Gasteiger partial charge in [-0.1, -0.05) is 11.6 Å². The zero-order valence-electron chi connectivity index (χ0n) is 5.77. The second kappa shape index (κ2) is 3.88. The first-order chi connectivity index (χ1) is 5.20. The number of morpholine rings is 1.